The van der Waals surface area contributed by atoms with Crippen molar-refractivity contribution in [3.05, 3.63) is 59.7 Å². The molecule has 40 heavy (non-hydrogen) atoms. The Hall–Kier alpha value is -2.98. The summed E-state index contributed by atoms with van der Waals surface area (Å²) in [4.78, 5) is 26.0. The average Bonchev–Trinajstić information content (AvgIpc) is 2.97. The van der Waals surface area contributed by atoms with Crippen molar-refractivity contribution in [2.75, 3.05) is 13.2 Å². The molecule has 0 bridgehead atoms. The highest BCUT2D eigenvalue weighted by Crippen LogP contribution is 2.30. The Bertz CT molecular complexity index is 1090. The molecule has 218 valence electrons. The molecule has 2 fully saturated rings. The lowest BCUT2D eigenvalue weighted by molar-refractivity contribution is -0.277. The van der Waals surface area contributed by atoms with Gasteiger partial charge < -0.3 is 55.1 Å². The number of ether oxygens (including phenoxy) is 3. The van der Waals surface area contributed by atoms with Crippen molar-refractivity contribution in [1.82, 2.24) is 0 Å². The number of aliphatic hydroxyl groups is 8. The van der Waals surface area contributed by atoms with E-state index in [4.69, 9.17) is 14.2 Å². The van der Waals surface area contributed by atoms with E-state index in [1.165, 1.54) is 48.5 Å². The molecule has 0 aromatic heterocycles. The molecule has 0 amide bonds. The summed E-state index contributed by atoms with van der Waals surface area (Å²) < 4.78 is 16.6. The fourth-order valence-corrected chi connectivity index (χ4v) is 4.74. The van der Waals surface area contributed by atoms with Crippen molar-refractivity contribution in [1.29, 1.82) is 0 Å². The van der Waals surface area contributed by atoms with Gasteiger partial charge >= 0.3 is 0 Å². The maximum Gasteiger partial charge on any atom is 0.233 e. The van der Waals surface area contributed by atoms with E-state index in [0.29, 0.717) is 0 Å². The molecule has 13 nitrogen and oxygen atoms in total. The quantitative estimate of drug-likeness (QED) is 0.119. The van der Waals surface area contributed by atoms with Gasteiger partial charge in [0.2, 0.25) is 17.9 Å². The number of rotatable bonds is 9. The highest BCUT2D eigenvalue weighted by Gasteiger charge is 2.45. The van der Waals surface area contributed by atoms with Crippen LogP contribution < -0.4 is 9.47 Å². The minimum absolute atomic E-state index is 0.00512. The number of aliphatic hydroxyl groups excluding tert-OH is 8. The van der Waals surface area contributed by atoms with Crippen LogP contribution >= 0.6 is 0 Å². The van der Waals surface area contributed by atoms with E-state index in [1.54, 1.807) is 0 Å². The highest BCUT2D eigenvalue weighted by molar-refractivity contribution is 6.49. The average molecular weight is 565 g/mol. The summed E-state index contributed by atoms with van der Waals surface area (Å²) in [7, 11) is 0. The first-order valence-corrected chi connectivity index (χ1v) is 12.6. The number of carbonyl (C=O) groups is 2. The van der Waals surface area contributed by atoms with Crippen LogP contribution in [0.4, 0.5) is 0 Å². The van der Waals surface area contributed by atoms with Crippen LogP contribution in [0, 0.1) is 5.92 Å². The van der Waals surface area contributed by atoms with Crippen LogP contribution in [0.25, 0.3) is 0 Å². The molecule has 1 aliphatic heterocycles. The van der Waals surface area contributed by atoms with Gasteiger partial charge in [0.05, 0.1) is 12.7 Å². The normalized spacial score (nSPS) is 34.2. The molecule has 2 aromatic carbocycles. The molecule has 0 radical (unpaired) electrons. The van der Waals surface area contributed by atoms with E-state index < -0.39 is 85.8 Å². The molecule has 4 rings (SSSR count). The van der Waals surface area contributed by atoms with E-state index in [-0.39, 0.29) is 29.0 Å². The van der Waals surface area contributed by atoms with E-state index in [1.807, 2.05) is 0 Å². The summed E-state index contributed by atoms with van der Waals surface area (Å²) in [5, 5.41) is 79.2. The Kier molecular flexibility index (Phi) is 9.51. The molecule has 13 heteroatoms. The summed E-state index contributed by atoms with van der Waals surface area (Å²) in [6.07, 6.45) is -12.8. The molecule has 1 saturated heterocycles. The summed E-state index contributed by atoms with van der Waals surface area (Å²) >= 11 is 0. The Morgan fingerprint density at radius 1 is 0.700 bits per heavy atom. The largest absolute Gasteiger partial charge is 0.488 e. The van der Waals surface area contributed by atoms with Crippen LogP contribution in [0.5, 0.6) is 11.5 Å². The summed E-state index contributed by atoms with van der Waals surface area (Å²) in [5.74, 6) is -2.42. The van der Waals surface area contributed by atoms with Gasteiger partial charge in [-0.15, -0.1) is 0 Å². The Balaban J connectivity index is 1.46. The van der Waals surface area contributed by atoms with Crippen molar-refractivity contribution in [3.8, 4) is 11.5 Å². The van der Waals surface area contributed by atoms with Crippen LogP contribution in [-0.4, -0.2) is 121 Å². The second-order valence-electron chi connectivity index (χ2n) is 9.84. The topological polar surface area (TPSA) is 224 Å². The van der Waals surface area contributed by atoms with Gasteiger partial charge in [-0.1, -0.05) is 24.3 Å². The maximum atomic E-state index is 13.0. The first-order valence-electron chi connectivity index (χ1n) is 12.6. The van der Waals surface area contributed by atoms with E-state index in [9.17, 15) is 50.4 Å². The first-order chi connectivity index (χ1) is 19.0. The third-order valence-electron chi connectivity index (χ3n) is 7.12. The zero-order valence-electron chi connectivity index (χ0n) is 21.1. The van der Waals surface area contributed by atoms with Gasteiger partial charge in [-0.25, -0.2) is 0 Å². The number of hydrogen-bond donors (Lipinski definition) is 8. The maximum absolute atomic E-state index is 13.0. The van der Waals surface area contributed by atoms with Crippen molar-refractivity contribution in [2.24, 2.45) is 5.92 Å². The lowest BCUT2D eigenvalue weighted by Gasteiger charge is -2.39. The van der Waals surface area contributed by atoms with Crippen molar-refractivity contribution < 1.29 is 64.7 Å². The van der Waals surface area contributed by atoms with Crippen LogP contribution in [-0.2, 0) is 4.74 Å². The van der Waals surface area contributed by atoms with Crippen molar-refractivity contribution >= 4 is 11.6 Å². The van der Waals surface area contributed by atoms with Crippen LogP contribution in [0.2, 0.25) is 0 Å². The number of ketones is 2. The SMILES string of the molecule is O=C(C(=O)c1cccc(O[C@@H]2C[C@H](CO)[C@@H](O)[C@H](O)[C@H]2O)c1)c1cccc(O[C@@H]2O[C@H](CO)[C@@H](O)[C@H](O)[C@H]2O)c1. The van der Waals surface area contributed by atoms with Crippen LogP contribution in [0.3, 0.4) is 0 Å². The molecule has 0 spiro atoms. The number of benzene rings is 2. The number of Topliss-reactive ketones (excluding diaryl/α,β-unsaturated/α-hetero) is 2. The van der Waals surface area contributed by atoms with Gasteiger partial charge in [-0.05, 0) is 30.7 Å². The molecule has 0 unspecified atom stereocenters. The Labute approximate surface area is 228 Å². The van der Waals surface area contributed by atoms with Crippen molar-refractivity contribution in [3.63, 3.8) is 0 Å². The molecule has 1 heterocycles. The fourth-order valence-electron chi connectivity index (χ4n) is 4.74. The smallest absolute Gasteiger partial charge is 0.233 e. The van der Waals surface area contributed by atoms with Crippen LogP contribution in [0.1, 0.15) is 27.1 Å². The first kappa shape index (κ1) is 30.0. The van der Waals surface area contributed by atoms with Gasteiger partial charge in [0, 0.05) is 23.7 Å². The van der Waals surface area contributed by atoms with E-state index in [2.05, 4.69) is 0 Å². The summed E-state index contributed by atoms with van der Waals surface area (Å²) in [6, 6.07) is 11.0. The molecule has 10 atom stereocenters. The lowest BCUT2D eigenvalue weighted by atomic mass is 9.81. The van der Waals surface area contributed by atoms with E-state index in [0.717, 1.165) is 0 Å². The standard InChI is InChI=1S/C27H32O13/c28-10-14-9-17(22(33)24(35)21(14)32)38-15-5-1-3-12(7-15)19(30)20(31)13-4-2-6-16(8-13)39-27-26(37)25(36)23(34)18(11-29)40-27/h1-8,14,17-18,21-29,32-37H,9-11H2/t14-,17-,18-,21-,22+,23-,24+,25+,26-,27-/m1/s1. The minimum Gasteiger partial charge on any atom is -0.488 e. The Morgan fingerprint density at radius 2 is 1.25 bits per heavy atom. The van der Waals surface area contributed by atoms with Gasteiger partial charge in [-0.2, -0.15) is 0 Å². The molecular weight excluding hydrogens is 532 g/mol. The predicted molar refractivity (Wildman–Crippen MR) is 134 cm³/mol. The molecule has 1 saturated carbocycles. The number of hydrogen-bond acceptors (Lipinski definition) is 13. The molecule has 1 aliphatic carbocycles. The van der Waals surface area contributed by atoms with Crippen LogP contribution in [0.15, 0.2) is 48.5 Å². The van der Waals surface area contributed by atoms with Crippen molar-refractivity contribution in [2.45, 2.75) is 61.5 Å². The van der Waals surface area contributed by atoms with Gasteiger partial charge in [-0.3, -0.25) is 9.59 Å². The summed E-state index contributed by atoms with van der Waals surface area (Å²) in [6.45, 7) is -1.08. The fraction of sp³-hybridized carbons (Fsp3) is 0.481. The predicted octanol–water partition coefficient (Wildman–Crippen LogP) is -2.23. The van der Waals surface area contributed by atoms with Gasteiger partial charge in [0.15, 0.2) is 0 Å². The monoisotopic (exact) mass is 564 g/mol. The zero-order chi connectivity index (χ0) is 29.1. The van der Waals surface area contributed by atoms with Gasteiger partial charge in [0.1, 0.15) is 54.2 Å². The third kappa shape index (κ3) is 6.17. The Morgan fingerprint density at radius 3 is 1.80 bits per heavy atom. The summed E-state index contributed by atoms with van der Waals surface area (Å²) in [5.41, 5.74) is -0.101. The second-order valence-corrected chi connectivity index (χ2v) is 9.84. The van der Waals surface area contributed by atoms with E-state index >= 15 is 0 Å². The molecular formula is C27H32O13. The molecule has 2 aromatic rings. The minimum atomic E-state index is -1.67. The third-order valence-corrected chi connectivity index (χ3v) is 7.12. The molecule has 2 aliphatic rings. The molecule has 8 N–H and O–H groups in total. The van der Waals surface area contributed by atoms with Gasteiger partial charge in [0.25, 0.3) is 0 Å². The number of carbonyl (C=O) groups excluding carboxylic acids is 2. The lowest BCUT2D eigenvalue weighted by Crippen LogP contribution is -2.60. The zero-order valence-corrected chi connectivity index (χ0v) is 21.1. The highest BCUT2D eigenvalue weighted by atomic mass is 16.7. The second kappa shape index (κ2) is 12.7.